The first kappa shape index (κ1) is 27.7. The molecule has 8 aliphatic rings. The van der Waals surface area contributed by atoms with E-state index < -0.39 is 0 Å². The number of nitrogens with one attached hydrogen (secondary N) is 3. The number of H-pyrrole nitrogens is 2. The van der Waals surface area contributed by atoms with Crippen LogP contribution in [0.25, 0.3) is 44.3 Å². The Labute approximate surface area is 282 Å². The largest absolute Gasteiger partial charge is 0.342 e. The minimum Gasteiger partial charge on any atom is -0.342 e. The van der Waals surface area contributed by atoms with E-state index in [0.717, 1.165) is 54.6 Å². The molecular formula is C43H43N5. The fourth-order valence-corrected chi connectivity index (χ4v) is 9.58. The van der Waals surface area contributed by atoms with Gasteiger partial charge in [-0.2, -0.15) is 0 Å². The van der Waals surface area contributed by atoms with Crippen LogP contribution in [0, 0.1) is 10.8 Å². The monoisotopic (exact) mass is 629 g/mol. The molecule has 5 nitrogen and oxygen atoms in total. The number of aryl methyl sites for hydroxylation is 4. The van der Waals surface area contributed by atoms with Crippen LogP contribution in [-0.2, 0) is 25.7 Å². The van der Waals surface area contributed by atoms with E-state index in [-0.39, 0.29) is 0 Å². The molecule has 0 radical (unpaired) electrons. The van der Waals surface area contributed by atoms with Crippen molar-refractivity contribution >= 4 is 22.1 Å². The highest BCUT2D eigenvalue weighted by Gasteiger charge is 2.50. The van der Waals surface area contributed by atoms with E-state index in [2.05, 4.69) is 88.1 Å². The lowest BCUT2D eigenvalue weighted by molar-refractivity contribution is 0.520. The predicted octanol–water partition coefficient (Wildman–Crippen LogP) is 9.52. The molecule has 5 heteroatoms. The summed E-state index contributed by atoms with van der Waals surface area (Å²) in [7, 11) is 0. The van der Waals surface area contributed by atoms with Gasteiger partial charge in [-0.05, 0) is 157 Å². The number of aromatic nitrogens is 4. The number of nitrogens with zero attached hydrogens (tertiary/aromatic N) is 2. The molecule has 14 rings (SSSR count). The van der Waals surface area contributed by atoms with Crippen molar-refractivity contribution in [3.05, 3.63) is 107 Å². The predicted molar refractivity (Wildman–Crippen MR) is 193 cm³/mol. The molecule has 4 bridgehead atoms. The van der Waals surface area contributed by atoms with Crippen LogP contribution < -0.4 is 5.32 Å². The molecule has 1 saturated heterocycles. The highest BCUT2D eigenvalue weighted by Crippen LogP contribution is 2.61. The molecule has 0 amide bonds. The Balaban J connectivity index is 0.887. The second-order valence-corrected chi connectivity index (χ2v) is 16.3. The molecule has 3 saturated carbocycles. The molecule has 48 heavy (non-hydrogen) atoms. The molecule has 2 unspecified atom stereocenters. The van der Waals surface area contributed by atoms with Crippen molar-refractivity contribution < 1.29 is 0 Å². The summed E-state index contributed by atoms with van der Waals surface area (Å²) < 4.78 is 0. The lowest BCUT2D eigenvalue weighted by atomic mass is 9.87. The van der Waals surface area contributed by atoms with Crippen molar-refractivity contribution in [2.75, 3.05) is 6.54 Å². The second-order valence-electron chi connectivity index (χ2n) is 16.3. The maximum Gasteiger partial charge on any atom is 0.124 e. The van der Waals surface area contributed by atoms with Gasteiger partial charge in [-0.1, -0.05) is 48.5 Å². The lowest BCUT2D eigenvalue weighted by Gasteiger charge is -2.17. The van der Waals surface area contributed by atoms with Crippen LogP contribution >= 0.6 is 0 Å². The third-order valence-electron chi connectivity index (χ3n) is 13.0. The van der Waals surface area contributed by atoms with Crippen LogP contribution in [0.5, 0.6) is 0 Å². The van der Waals surface area contributed by atoms with Crippen LogP contribution in [0.1, 0.15) is 97.2 Å². The van der Waals surface area contributed by atoms with Crippen LogP contribution in [-0.4, -0.2) is 26.5 Å². The van der Waals surface area contributed by atoms with E-state index in [1.54, 1.807) is 0 Å². The highest BCUT2D eigenvalue weighted by atomic mass is 15.1. The van der Waals surface area contributed by atoms with Gasteiger partial charge in [0, 0.05) is 12.5 Å². The molecule has 2 spiro atoms. The number of imidazole rings is 2. The van der Waals surface area contributed by atoms with Gasteiger partial charge in [0.05, 0.1) is 28.1 Å². The SMILES string of the molecule is c1cc2c(-c3ccc4nc(C5CCC6(CC6)C5)[nH]c4c3)cc1CCc1ccc(cc1-c1ccc3nc(C4CC5(CC5)CN4)[nH]c3c1)CC2. The summed E-state index contributed by atoms with van der Waals surface area (Å²) in [6, 6.07) is 28.5. The maximum absolute atomic E-state index is 5.08. The molecule has 6 aromatic rings. The van der Waals surface area contributed by atoms with Gasteiger partial charge < -0.3 is 15.3 Å². The Morgan fingerprint density at radius 1 is 0.562 bits per heavy atom. The molecule has 2 atom stereocenters. The molecule has 2 aromatic heterocycles. The van der Waals surface area contributed by atoms with Crippen molar-refractivity contribution in [2.45, 2.75) is 89.0 Å². The molecule has 3 heterocycles. The first-order valence-corrected chi connectivity index (χ1v) is 18.5. The fraction of sp³-hybridized carbons (Fsp3) is 0.395. The average molecular weight is 630 g/mol. The van der Waals surface area contributed by atoms with Gasteiger partial charge in [0.25, 0.3) is 0 Å². The summed E-state index contributed by atoms with van der Waals surface area (Å²) in [5, 5.41) is 3.74. The first-order chi connectivity index (χ1) is 23.6. The van der Waals surface area contributed by atoms with E-state index in [4.69, 9.17) is 9.97 Å². The lowest BCUT2D eigenvalue weighted by Crippen LogP contribution is -2.14. The molecule has 3 N–H and O–H groups in total. The molecule has 4 fully saturated rings. The van der Waals surface area contributed by atoms with Gasteiger partial charge >= 0.3 is 0 Å². The number of aromatic amines is 2. The van der Waals surface area contributed by atoms with E-state index in [0.29, 0.717) is 22.8 Å². The topological polar surface area (TPSA) is 69.4 Å². The zero-order valence-corrected chi connectivity index (χ0v) is 27.7. The third-order valence-corrected chi connectivity index (χ3v) is 13.0. The summed E-state index contributed by atoms with van der Waals surface area (Å²) >= 11 is 0. The molecule has 7 aliphatic carbocycles. The summed E-state index contributed by atoms with van der Waals surface area (Å²) in [5.74, 6) is 2.92. The zero-order chi connectivity index (χ0) is 31.5. The van der Waals surface area contributed by atoms with Gasteiger partial charge in [0.15, 0.2) is 0 Å². The van der Waals surface area contributed by atoms with Gasteiger partial charge in [0.2, 0.25) is 0 Å². The van der Waals surface area contributed by atoms with Crippen molar-refractivity contribution in [3.8, 4) is 22.3 Å². The smallest absolute Gasteiger partial charge is 0.124 e. The number of benzene rings is 4. The van der Waals surface area contributed by atoms with Crippen LogP contribution in [0.3, 0.4) is 0 Å². The molecule has 4 aromatic carbocycles. The minimum absolute atomic E-state index is 0.356. The normalized spacial score (nSPS) is 23.4. The van der Waals surface area contributed by atoms with Crippen LogP contribution in [0.2, 0.25) is 0 Å². The molecular weight excluding hydrogens is 587 g/mol. The number of rotatable bonds is 4. The van der Waals surface area contributed by atoms with E-state index in [1.807, 2.05) is 0 Å². The van der Waals surface area contributed by atoms with Crippen molar-refractivity contribution in [1.29, 1.82) is 0 Å². The van der Waals surface area contributed by atoms with Crippen molar-refractivity contribution in [2.24, 2.45) is 10.8 Å². The van der Waals surface area contributed by atoms with Gasteiger partial charge in [-0.15, -0.1) is 0 Å². The summed E-state index contributed by atoms with van der Waals surface area (Å²) in [4.78, 5) is 17.6. The number of hydrogen-bond donors (Lipinski definition) is 3. The standard InChI is InChI=1S/C43H43N5/c1-5-28-6-2-27-4-8-29(34(20-27)31-10-12-36-38(22-31)48-41(46-36)39-24-43(17-18-43)25-44-39)7-3-26(1)19-33(28)30-9-11-35-37(21-30)47-40(45-35)32-13-14-42(23-32)15-16-42/h1,4-5,8-12,19-22,32,39,44H,2-3,6-7,13-18,23-25H2,(H,45,47)(H,46,48). The van der Waals surface area contributed by atoms with Gasteiger partial charge in [0.1, 0.15) is 11.6 Å². The Hall–Kier alpha value is -4.22. The van der Waals surface area contributed by atoms with Crippen LogP contribution in [0.15, 0.2) is 72.8 Å². The second kappa shape index (κ2) is 10.1. The fourth-order valence-electron chi connectivity index (χ4n) is 9.58. The third kappa shape index (κ3) is 4.69. The minimum atomic E-state index is 0.356. The van der Waals surface area contributed by atoms with E-state index in [9.17, 15) is 0 Å². The van der Waals surface area contributed by atoms with Gasteiger partial charge in [-0.3, -0.25) is 0 Å². The summed E-state index contributed by atoms with van der Waals surface area (Å²) in [6.45, 7) is 1.14. The van der Waals surface area contributed by atoms with Crippen molar-refractivity contribution in [3.63, 3.8) is 0 Å². The van der Waals surface area contributed by atoms with E-state index in [1.165, 1.54) is 107 Å². The molecule has 1 aliphatic heterocycles. The first-order valence-electron chi connectivity index (χ1n) is 18.5. The van der Waals surface area contributed by atoms with Gasteiger partial charge in [-0.25, -0.2) is 9.97 Å². The maximum atomic E-state index is 5.08. The summed E-state index contributed by atoms with van der Waals surface area (Å²) in [6.07, 6.45) is 14.9. The Morgan fingerprint density at radius 3 is 1.75 bits per heavy atom. The van der Waals surface area contributed by atoms with E-state index >= 15 is 0 Å². The zero-order valence-electron chi connectivity index (χ0n) is 27.7. The Morgan fingerprint density at radius 2 is 1.17 bits per heavy atom. The van der Waals surface area contributed by atoms with Crippen molar-refractivity contribution in [1.82, 2.24) is 25.3 Å². The summed E-state index contributed by atoms with van der Waals surface area (Å²) in [5.41, 5.74) is 16.7. The quantitative estimate of drug-likeness (QED) is 0.182. The average Bonchev–Trinajstić information content (AvgIpc) is 3.72. The highest BCUT2D eigenvalue weighted by molar-refractivity contribution is 5.84. The Bertz CT molecular complexity index is 2090. The van der Waals surface area contributed by atoms with Crippen LogP contribution in [0.4, 0.5) is 0 Å². The number of fused-ring (bicyclic) bond motifs is 2. The molecule has 240 valence electrons. The number of hydrogen-bond acceptors (Lipinski definition) is 3. The Kier molecular flexibility index (Phi) is 5.86.